The summed E-state index contributed by atoms with van der Waals surface area (Å²) >= 11 is 0. The molecule has 21 heavy (non-hydrogen) atoms. The number of hydrogen-bond donors (Lipinski definition) is 2. The Bertz CT molecular complexity index is 357. The number of carbonyl (C=O) groups excluding carboxylic acids is 1. The first-order chi connectivity index (χ1) is 9.74. The van der Waals surface area contributed by atoms with E-state index in [2.05, 4.69) is 10.4 Å². The van der Waals surface area contributed by atoms with Gasteiger partial charge in [-0.3, -0.25) is 16.3 Å². The van der Waals surface area contributed by atoms with Crippen LogP contribution in [-0.2, 0) is 4.74 Å². The SMILES string of the molecule is CN=CNN(C(=O)OC(C)(C)C)C1CCC(N(C)N)CC1. The molecule has 7 nitrogen and oxygen atoms in total. The van der Waals surface area contributed by atoms with Crippen LogP contribution in [0.25, 0.3) is 0 Å². The summed E-state index contributed by atoms with van der Waals surface area (Å²) in [5.41, 5.74) is 2.41. The molecule has 0 spiro atoms. The third-order valence-electron chi connectivity index (χ3n) is 3.52. The quantitative estimate of drug-likeness (QED) is 0.356. The Morgan fingerprint density at radius 3 is 2.24 bits per heavy atom. The molecule has 0 aromatic carbocycles. The predicted octanol–water partition coefficient (Wildman–Crippen LogP) is 1.50. The van der Waals surface area contributed by atoms with Crippen LogP contribution < -0.4 is 11.3 Å². The normalized spacial score (nSPS) is 23.4. The Morgan fingerprint density at radius 1 is 1.29 bits per heavy atom. The van der Waals surface area contributed by atoms with Crippen molar-refractivity contribution in [1.82, 2.24) is 15.4 Å². The fourth-order valence-electron chi connectivity index (χ4n) is 2.46. The third-order valence-corrected chi connectivity index (χ3v) is 3.52. The molecule has 0 bridgehead atoms. The van der Waals surface area contributed by atoms with Crippen molar-refractivity contribution < 1.29 is 9.53 Å². The lowest BCUT2D eigenvalue weighted by atomic mass is 9.91. The van der Waals surface area contributed by atoms with Crippen LogP contribution in [-0.4, -0.2) is 54.2 Å². The van der Waals surface area contributed by atoms with Crippen molar-refractivity contribution >= 4 is 12.4 Å². The summed E-state index contributed by atoms with van der Waals surface area (Å²) in [6.45, 7) is 5.58. The highest BCUT2D eigenvalue weighted by molar-refractivity contribution is 5.70. The average molecular weight is 299 g/mol. The summed E-state index contributed by atoms with van der Waals surface area (Å²) in [5.74, 6) is 5.80. The molecule has 3 N–H and O–H groups in total. The number of amides is 1. The number of rotatable bonds is 4. The van der Waals surface area contributed by atoms with Gasteiger partial charge in [0.25, 0.3) is 0 Å². The molecule has 1 fully saturated rings. The van der Waals surface area contributed by atoms with Gasteiger partial charge in [-0.15, -0.1) is 0 Å². The van der Waals surface area contributed by atoms with Gasteiger partial charge < -0.3 is 4.74 Å². The standard InChI is InChI=1S/C14H29N5O2/c1-14(2,3)21-13(20)19(17-10-16-4)12-8-6-11(7-9-12)18(5)15/h10-12H,6-9,15H2,1-5H3,(H,16,17). The smallest absolute Gasteiger partial charge is 0.429 e. The van der Waals surface area contributed by atoms with Crippen molar-refractivity contribution in [3.8, 4) is 0 Å². The number of ether oxygens (including phenoxy) is 1. The van der Waals surface area contributed by atoms with Crippen molar-refractivity contribution in [3.05, 3.63) is 0 Å². The van der Waals surface area contributed by atoms with Crippen molar-refractivity contribution in [2.24, 2.45) is 10.8 Å². The number of hydrazine groups is 2. The van der Waals surface area contributed by atoms with Crippen LogP contribution in [0.3, 0.4) is 0 Å². The minimum Gasteiger partial charge on any atom is -0.442 e. The molecular formula is C14H29N5O2. The molecule has 0 atom stereocenters. The molecule has 0 aliphatic heterocycles. The molecule has 1 saturated carbocycles. The number of carbonyl (C=O) groups is 1. The Balaban J connectivity index is 2.68. The second-order valence-corrected chi connectivity index (χ2v) is 6.49. The topological polar surface area (TPSA) is 83.2 Å². The minimum atomic E-state index is -0.519. The van der Waals surface area contributed by atoms with Crippen LogP contribution in [0.15, 0.2) is 4.99 Å². The number of nitrogens with zero attached hydrogens (tertiary/aromatic N) is 3. The van der Waals surface area contributed by atoms with E-state index in [1.165, 1.54) is 6.34 Å². The monoisotopic (exact) mass is 299 g/mol. The van der Waals surface area contributed by atoms with Gasteiger partial charge in [0, 0.05) is 20.1 Å². The van der Waals surface area contributed by atoms with Crippen LogP contribution in [0.1, 0.15) is 46.5 Å². The highest BCUT2D eigenvalue weighted by Gasteiger charge is 2.32. The number of nitrogens with two attached hydrogens (primary N) is 1. The lowest BCUT2D eigenvalue weighted by molar-refractivity contribution is 0.00127. The Kier molecular flexibility index (Phi) is 6.42. The number of nitrogens with one attached hydrogen (secondary N) is 1. The van der Waals surface area contributed by atoms with Crippen molar-refractivity contribution in [2.45, 2.75) is 64.1 Å². The maximum atomic E-state index is 12.3. The predicted molar refractivity (Wildman–Crippen MR) is 83.6 cm³/mol. The lowest BCUT2D eigenvalue weighted by Gasteiger charge is -2.38. The van der Waals surface area contributed by atoms with Crippen molar-refractivity contribution in [3.63, 3.8) is 0 Å². The van der Waals surface area contributed by atoms with E-state index in [4.69, 9.17) is 10.6 Å². The molecule has 0 unspecified atom stereocenters. The Morgan fingerprint density at radius 2 is 1.81 bits per heavy atom. The molecule has 0 aromatic rings. The van der Waals surface area contributed by atoms with Gasteiger partial charge in [0.05, 0.1) is 6.04 Å². The summed E-state index contributed by atoms with van der Waals surface area (Å²) in [6.07, 6.45) is 4.83. The van der Waals surface area contributed by atoms with Crippen LogP contribution in [0.2, 0.25) is 0 Å². The molecule has 0 aromatic heterocycles. The average Bonchev–Trinajstić information content (AvgIpc) is 2.37. The first kappa shape index (κ1) is 17.7. The number of aliphatic imine (C=N–C) groups is 1. The van der Waals surface area contributed by atoms with Gasteiger partial charge in [-0.05, 0) is 46.5 Å². The molecule has 0 heterocycles. The zero-order valence-corrected chi connectivity index (χ0v) is 13.8. The van der Waals surface area contributed by atoms with Crippen molar-refractivity contribution in [2.75, 3.05) is 14.1 Å². The van der Waals surface area contributed by atoms with E-state index in [0.29, 0.717) is 6.04 Å². The van der Waals surface area contributed by atoms with E-state index in [1.54, 1.807) is 17.1 Å². The molecular weight excluding hydrogens is 270 g/mol. The molecule has 1 rings (SSSR count). The summed E-state index contributed by atoms with van der Waals surface area (Å²) in [6, 6.07) is 0.468. The second-order valence-electron chi connectivity index (χ2n) is 6.49. The summed E-state index contributed by atoms with van der Waals surface area (Å²) in [5, 5.41) is 3.31. The maximum absolute atomic E-state index is 12.3. The van der Waals surface area contributed by atoms with E-state index in [0.717, 1.165) is 25.7 Å². The fraction of sp³-hybridized carbons (Fsp3) is 0.857. The molecule has 122 valence electrons. The van der Waals surface area contributed by atoms with Gasteiger partial charge in [0.1, 0.15) is 11.9 Å². The maximum Gasteiger partial charge on any atom is 0.429 e. The van der Waals surface area contributed by atoms with Crippen LogP contribution >= 0.6 is 0 Å². The Labute approximate surface area is 127 Å². The van der Waals surface area contributed by atoms with Crippen LogP contribution in [0.5, 0.6) is 0 Å². The first-order valence-electron chi connectivity index (χ1n) is 7.41. The highest BCUT2D eigenvalue weighted by atomic mass is 16.6. The Hall–Kier alpha value is -1.34. The van der Waals surface area contributed by atoms with Gasteiger partial charge in [-0.25, -0.2) is 14.8 Å². The molecule has 0 saturated heterocycles. The summed E-state index contributed by atoms with van der Waals surface area (Å²) in [7, 11) is 3.54. The molecule has 1 aliphatic rings. The van der Waals surface area contributed by atoms with E-state index in [9.17, 15) is 4.79 Å². The molecule has 7 heteroatoms. The molecule has 0 radical (unpaired) electrons. The largest absolute Gasteiger partial charge is 0.442 e. The zero-order valence-electron chi connectivity index (χ0n) is 13.8. The van der Waals surface area contributed by atoms with Crippen LogP contribution in [0.4, 0.5) is 4.79 Å². The number of hydrogen-bond acceptors (Lipinski definition) is 5. The van der Waals surface area contributed by atoms with E-state index in [1.807, 2.05) is 27.8 Å². The van der Waals surface area contributed by atoms with E-state index < -0.39 is 5.60 Å². The zero-order chi connectivity index (χ0) is 16.0. The minimum absolute atomic E-state index is 0.0917. The summed E-state index contributed by atoms with van der Waals surface area (Å²) in [4.78, 5) is 16.2. The fourth-order valence-corrected chi connectivity index (χ4v) is 2.46. The lowest BCUT2D eigenvalue weighted by Crippen LogP contribution is -2.53. The van der Waals surface area contributed by atoms with E-state index >= 15 is 0 Å². The van der Waals surface area contributed by atoms with Gasteiger partial charge in [-0.1, -0.05) is 0 Å². The van der Waals surface area contributed by atoms with Gasteiger partial charge in [0.2, 0.25) is 0 Å². The van der Waals surface area contributed by atoms with Gasteiger partial charge in [-0.2, -0.15) is 0 Å². The third kappa shape index (κ3) is 5.89. The van der Waals surface area contributed by atoms with E-state index in [-0.39, 0.29) is 12.1 Å². The highest BCUT2D eigenvalue weighted by Crippen LogP contribution is 2.25. The van der Waals surface area contributed by atoms with Gasteiger partial charge in [0.15, 0.2) is 0 Å². The summed E-state index contributed by atoms with van der Waals surface area (Å²) < 4.78 is 5.45. The van der Waals surface area contributed by atoms with Crippen molar-refractivity contribution in [1.29, 1.82) is 0 Å². The van der Waals surface area contributed by atoms with Crippen LogP contribution in [0, 0.1) is 0 Å². The molecule has 1 amide bonds. The first-order valence-corrected chi connectivity index (χ1v) is 7.41. The second kappa shape index (κ2) is 7.61. The van der Waals surface area contributed by atoms with Gasteiger partial charge >= 0.3 is 6.09 Å². The molecule has 1 aliphatic carbocycles.